The van der Waals surface area contributed by atoms with Gasteiger partial charge < -0.3 is 5.32 Å². The average molecular weight is 167 g/mol. The Balaban J connectivity index is 3.38. The molecule has 0 atom stereocenters. The lowest BCUT2D eigenvalue weighted by Gasteiger charge is -2.05. The number of nitrogens with one attached hydrogen (secondary N) is 1. The molecule has 0 aliphatic carbocycles. The molecule has 0 bridgehead atoms. The molecule has 0 radical (unpaired) electrons. The maximum atomic E-state index is 11.1. The van der Waals surface area contributed by atoms with Crippen LogP contribution in [-0.2, 0) is 4.79 Å². The third-order valence-electron chi connectivity index (χ3n) is 1.41. The lowest BCUT2D eigenvalue weighted by Crippen LogP contribution is -2.28. The SMILES string of the molecule is CC#CCCC(=O)CNC(C)C. The van der Waals surface area contributed by atoms with Gasteiger partial charge in [0.05, 0.1) is 6.54 Å². The minimum absolute atomic E-state index is 0.242. The predicted molar refractivity (Wildman–Crippen MR) is 50.8 cm³/mol. The first-order valence-corrected chi connectivity index (χ1v) is 4.31. The number of Topliss-reactive ketones (excluding diaryl/α,β-unsaturated/α-hetero) is 1. The van der Waals surface area contributed by atoms with Gasteiger partial charge in [-0.05, 0) is 6.92 Å². The fourth-order valence-electron chi connectivity index (χ4n) is 0.733. The Labute approximate surface area is 74.7 Å². The van der Waals surface area contributed by atoms with E-state index in [0.717, 1.165) is 0 Å². The van der Waals surface area contributed by atoms with Crippen LogP contribution < -0.4 is 5.32 Å². The Morgan fingerprint density at radius 2 is 2.17 bits per heavy atom. The van der Waals surface area contributed by atoms with E-state index in [2.05, 4.69) is 17.2 Å². The van der Waals surface area contributed by atoms with Gasteiger partial charge in [0.2, 0.25) is 0 Å². The first-order valence-electron chi connectivity index (χ1n) is 4.31. The van der Waals surface area contributed by atoms with Crippen molar-refractivity contribution in [2.75, 3.05) is 6.54 Å². The molecule has 0 saturated carbocycles. The number of hydrogen-bond acceptors (Lipinski definition) is 2. The molecule has 0 spiro atoms. The van der Waals surface area contributed by atoms with E-state index in [-0.39, 0.29) is 5.78 Å². The molecule has 0 aliphatic rings. The molecule has 2 heteroatoms. The first kappa shape index (κ1) is 11.2. The van der Waals surface area contributed by atoms with E-state index in [4.69, 9.17) is 0 Å². The van der Waals surface area contributed by atoms with Crippen LogP contribution in [0.3, 0.4) is 0 Å². The number of carbonyl (C=O) groups is 1. The van der Waals surface area contributed by atoms with Crippen LogP contribution in [0.1, 0.15) is 33.6 Å². The summed E-state index contributed by atoms with van der Waals surface area (Å²) >= 11 is 0. The molecule has 0 aromatic carbocycles. The number of hydrogen-bond donors (Lipinski definition) is 1. The van der Waals surface area contributed by atoms with E-state index >= 15 is 0 Å². The minimum atomic E-state index is 0.242. The van der Waals surface area contributed by atoms with Crippen LogP contribution in [0, 0.1) is 11.8 Å². The van der Waals surface area contributed by atoms with Crippen LogP contribution in [-0.4, -0.2) is 18.4 Å². The summed E-state index contributed by atoms with van der Waals surface area (Å²) in [6.07, 6.45) is 1.26. The molecule has 0 heterocycles. The van der Waals surface area contributed by atoms with Crippen molar-refractivity contribution in [3.63, 3.8) is 0 Å². The molecule has 0 aliphatic heterocycles. The zero-order chi connectivity index (χ0) is 9.40. The maximum absolute atomic E-state index is 11.1. The lowest BCUT2D eigenvalue weighted by molar-refractivity contribution is -0.118. The largest absolute Gasteiger partial charge is 0.308 e. The van der Waals surface area contributed by atoms with Crippen molar-refractivity contribution in [2.45, 2.75) is 39.7 Å². The highest BCUT2D eigenvalue weighted by Gasteiger charge is 2.00. The molecule has 2 nitrogen and oxygen atoms in total. The van der Waals surface area contributed by atoms with E-state index in [1.54, 1.807) is 6.92 Å². The van der Waals surface area contributed by atoms with Crippen molar-refractivity contribution in [3.05, 3.63) is 0 Å². The standard InChI is InChI=1S/C10H17NO/c1-4-5-6-7-10(12)8-11-9(2)3/h9,11H,6-8H2,1-3H3. The molecular weight excluding hydrogens is 150 g/mol. The van der Waals surface area contributed by atoms with Gasteiger partial charge >= 0.3 is 0 Å². The average Bonchev–Trinajstić information content (AvgIpc) is 2.01. The molecule has 0 aromatic rings. The molecule has 0 amide bonds. The predicted octanol–water partition coefficient (Wildman–Crippen LogP) is 1.36. The normalized spacial score (nSPS) is 9.33. The van der Waals surface area contributed by atoms with Crippen molar-refractivity contribution in [2.24, 2.45) is 0 Å². The molecule has 0 rings (SSSR count). The first-order chi connectivity index (χ1) is 5.66. The topological polar surface area (TPSA) is 29.1 Å². The zero-order valence-electron chi connectivity index (χ0n) is 8.11. The Bertz CT molecular complexity index is 186. The van der Waals surface area contributed by atoms with Crippen LogP contribution >= 0.6 is 0 Å². The summed E-state index contributed by atoms with van der Waals surface area (Å²) in [6, 6.07) is 0.381. The van der Waals surface area contributed by atoms with Gasteiger partial charge in [0.25, 0.3) is 0 Å². The van der Waals surface area contributed by atoms with Crippen molar-refractivity contribution >= 4 is 5.78 Å². The summed E-state index contributed by atoms with van der Waals surface area (Å²) < 4.78 is 0. The summed E-state index contributed by atoms with van der Waals surface area (Å²) in [7, 11) is 0. The lowest BCUT2D eigenvalue weighted by atomic mass is 10.2. The van der Waals surface area contributed by atoms with Crippen molar-refractivity contribution in [1.82, 2.24) is 5.32 Å². The number of ketones is 1. The minimum Gasteiger partial charge on any atom is -0.308 e. The van der Waals surface area contributed by atoms with Gasteiger partial charge in [0, 0.05) is 18.9 Å². The molecule has 1 N–H and O–H groups in total. The molecule has 0 unspecified atom stereocenters. The third kappa shape index (κ3) is 7.30. The second-order valence-electron chi connectivity index (χ2n) is 3.00. The smallest absolute Gasteiger partial charge is 0.147 e. The van der Waals surface area contributed by atoms with Crippen molar-refractivity contribution in [1.29, 1.82) is 0 Å². The van der Waals surface area contributed by atoms with Crippen LogP contribution in [0.4, 0.5) is 0 Å². The molecular formula is C10H17NO. The van der Waals surface area contributed by atoms with Crippen molar-refractivity contribution < 1.29 is 4.79 Å². The third-order valence-corrected chi connectivity index (χ3v) is 1.41. The second-order valence-corrected chi connectivity index (χ2v) is 3.00. The van der Waals surface area contributed by atoms with Crippen LogP contribution in [0.5, 0.6) is 0 Å². The quantitative estimate of drug-likeness (QED) is 0.626. The Kier molecular flexibility index (Phi) is 6.41. The summed E-state index contributed by atoms with van der Waals surface area (Å²) in [5, 5.41) is 3.07. The maximum Gasteiger partial charge on any atom is 0.147 e. The van der Waals surface area contributed by atoms with E-state index in [1.165, 1.54) is 0 Å². The molecule has 0 aromatic heterocycles. The Morgan fingerprint density at radius 3 is 2.67 bits per heavy atom. The second kappa shape index (κ2) is 6.87. The number of rotatable bonds is 5. The van der Waals surface area contributed by atoms with E-state index in [0.29, 0.717) is 25.4 Å². The summed E-state index contributed by atoms with van der Waals surface area (Å²) in [4.78, 5) is 11.1. The highest BCUT2D eigenvalue weighted by atomic mass is 16.1. The Morgan fingerprint density at radius 1 is 1.50 bits per heavy atom. The highest BCUT2D eigenvalue weighted by Crippen LogP contribution is 1.88. The summed E-state index contributed by atoms with van der Waals surface area (Å²) in [6.45, 7) is 6.32. The molecule has 0 saturated heterocycles. The van der Waals surface area contributed by atoms with Gasteiger partial charge in [0.1, 0.15) is 5.78 Å². The van der Waals surface area contributed by atoms with E-state index in [9.17, 15) is 4.79 Å². The van der Waals surface area contributed by atoms with Gasteiger partial charge in [-0.15, -0.1) is 11.8 Å². The fourth-order valence-corrected chi connectivity index (χ4v) is 0.733. The van der Waals surface area contributed by atoms with Gasteiger partial charge in [-0.2, -0.15) is 0 Å². The van der Waals surface area contributed by atoms with Gasteiger partial charge in [0.15, 0.2) is 0 Å². The van der Waals surface area contributed by atoms with E-state index in [1.807, 2.05) is 13.8 Å². The van der Waals surface area contributed by atoms with Crippen LogP contribution in [0.2, 0.25) is 0 Å². The van der Waals surface area contributed by atoms with Crippen LogP contribution in [0.15, 0.2) is 0 Å². The summed E-state index contributed by atoms with van der Waals surface area (Å²) in [5.74, 6) is 5.88. The summed E-state index contributed by atoms with van der Waals surface area (Å²) in [5.41, 5.74) is 0. The fraction of sp³-hybridized carbons (Fsp3) is 0.700. The van der Waals surface area contributed by atoms with Gasteiger partial charge in [-0.3, -0.25) is 4.79 Å². The number of carbonyl (C=O) groups excluding carboxylic acids is 1. The Hall–Kier alpha value is -0.810. The van der Waals surface area contributed by atoms with Crippen LogP contribution in [0.25, 0.3) is 0 Å². The highest BCUT2D eigenvalue weighted by molar-refractivity contribution is 5.80. The molecule has 12 heavy (non-hydrogen) atoms. The van der Waals surface area contributed by atoms with E-state index < -0.39 is 0 Å². The molecule has 0 fully saturated rings. The van der Waals surface area contributed by atoms with Gasteiger partial charge in [-0.1, -0.05) is 13.8 Å². The van der Waals surface area contributed by atoms with Gasteiger partial charge in [-0.25, -0.2) is 0 Å². The monoisotopic (exact) mass is 167 g/mol. The zero-order valence-corrected chi connectivity index (χ0v) is 8.11. The molecule has 68 valence electrons. The van der Waals surface area contributed by atoms with Crippen molar-refractivity contribution in [3.8, 4) is 11.8 Å².